The molecule has 0 saturated heterocycles. The molecule has 0 fully saturated rings. The monoisotopic (exact) mass is 388 g/mol. The molecule has 29 heavy (non-hydrogen) atoms. The van der Waals surface area contributed by atoms with Gasteiger partial charge in [0.2, 0.25) is 0 Å². The minimum absolute atomic E-state index is 0.220. The molecule has 6 heteroatoms. The number of nitrogens with zero attached hydrogens (tertiary/aromatic N) is 1. The summed E-state index contributed by atoms with van der Waals surface area (Å²) in [4.78, 5) is 16.9. The molecule has 1 N–H and O–H groups in total. The zero-order chi connectivity index (χ0) is 20.2. The first-order valence-electron chi connectivity index (χ1n) is 9.12. The van der Waals surface area contributed by atoms with Crippen LogP contribution in [0.25, 0.3) is 22.1 Å². The number of benzene rings is 3. The lowest BCUT2D eigenvalue weighted by atomic mass is 10.0. The molecular formula is C23H20N2O4. The third-order valence-corrected chi connectivity index (χ3v) is 4.75. The Balaban J connectivity index is 1.57. The van der Waals surface area contributed by atoms with E-state index in [0.29, 0.717) is 29.4 Å². The minimum Gasteiger partial charge on any atom is -0.493 e. The quantitative estimate of drug-likeness (QED) is 0.529. The van der Waals surface area contributed by atoms with Gasteiger partial charge in [-0.05, 0) is 34.5 Å². The molecule has 0 spiro atoms. The first kappa shape index (κ1) is 18.6. The topological polar surface area (TPSA) is 73.6 Å². The van der Waals surface area contributed by atoms with Crippen molar-refractivity contribution in [3.63, 3.8) is 0 Å². The lowest BCUT2D eigenvalue weighted by molar-refractivity contribution is 0.0947. The van der Waals surface area contributed by atoms with E-state index in [4.69, 9.17) is 13.9 Å². The maximum absolute atomic E-state index is 12.8. The third-order valence-electron chi connectivity index (χ3n) is 4.75. The molecule has 1 aromatic heterocycles. The fourth-order valence-corrected chi connectivity index (χ4v) is 3.30. The highest BCUT2D eigenvalue weighted by molar-refractivity contribution is 5.98. The van der Waals surface area contributed by atoms with E-state index in [1.165, 1.54) is 6.39 Å². The van der Waals surface area contributed by atoms with Crippen molar-refractivity contribution in [1.82, 2.24) is 10.3 Å². The predicted octanol–water partition coefficient (Wildman–Crippen LogP) is 4.44. The summed E-state index contributed by atoms with van der Waals surface area (Å²) in [5.74, 6) is 1.21. The van der Waals surface area contributed by atoms with Crippen molar-refractivity contribution in [2.75, 3.05) is 14.2 Å². The molecule has 1 amide bonds. The van der Waals surface area contributed by atoms with Crippen LogP contribution in [-0.4, -0.2) is 25.1 Å². The summed E-state index contributed by atoms with van der Waals surface area (Å²) in [6, 6.07) is 19.4. The Labute approximate surface area is 168 Å². The van der Waals surface area contributed by atoms with Gasteiger partial charge in [0.15, 0.2) is 29.3 Å². The summed E-state index contributed by atoms with van der Waals surface area (Å²) >= 11 is 0. The van der Waals surface area contributed by atoms with E-state index in [0.717, 1.165) is 16.3 Å². The zero-order valence-electron chi connectivity index (χ0n) is 16.1. The first-order valence-corrected chi connectivity index (χ1v) is 9.12. The first-order chi connectivity index (χ1) is 14.2. The average molecular weight is 388 g/mol. The summed E-state index contributed by atoms with van der Waals surface area (Å²) in [5, 5.41) is 5.18. The van der Waals surface area contributed by atoms with Crippen molar-refractivity contribution < 1.29 is 18.7 Å². The third kappa shape index (κ3) is 3.65. The largest absolute Gasteiger partial charge is 0.493 e. The normalized spacial score (nSPS) is 10.7. The predicted molar refractivity (Wildman–Crippen MR) is 110 cm³/mol. The van der Waals surface area contributed by atoms with Crippen LogP contribution in [0, 0.1) is 0 Å². The molecule has 4 aromatic rings. The number of fused-ring (bicyclic) bond motifs is 1. The van der Waals surface area contributed by atoms with Crippen molar-refractivity contribution in [2.24, 2.45) is 0 Å². The molecule has 0 aliphatic rings. The number of carbonyl (C=O) groups is 1. The Morgan fingerprint density at radius 1 is 1.00 bits per heavy atom. The fraction of sp³-hybridized carbons (Fsp3) is 0.130. The molecule has 0 aliphatic carbocycles. The molecule has 3 aromatic carbocycles. The van der Waals surface area contributed by atoms with Gasteiger partial charge in [0, 0.05) is 12.1 Å². The van der Waals surface area contributed by atoms with Gasteiger partial charge in [-0.1, -0.05) is 42.5 Å². The second kappa shape index (κ2) is 8.06. The standard InChI is InChI=1S/C23H20N2O4/c1-27-19-11-10-16(12-20(19)28-2)22-21(25-14-29-22)23(26)24-13-17-8-5-7-15-6-3-4-9-18(15)17/h3-12,14H,13H2,1-2H3,(H,24,26). The highest BCUT2D eigenvalue weighted by atomic mass is 16.5. The number of carbonyl (C=O) groups excluding carboxylic acids is 1. The number of nitrogens with one attached hydrogen (secondary N) is 1. The number of hydrogen-bond donors (Lipinski definition) is 1. The smallest absolute Gasteiger partial charge is 0.274 e. The maximum atomic E-state index is 12.8. The van der Waals surface area contributed by atoms with E-state index in [1.54, 1.807) is 32.4 Å². The zero-order valence-corrected chi connectivity index (χ0v) is 16.1. The van der Waals surface area contributed by atoms with Crippen LogP contribution in [0.1, 0.15) is 16.1 Å². The van der Waals surface area contributed by atoms with Crippen LogP contribution in [0.2, 0.25) is 0 Å². The number of amides is 1. The van der Waals surface area contributed by atoms with Crippen molar-refractivity contribution in [2.45, 2.75) is 6.54 Å². The van der Waals surface area contributed by atoms with Gasteiger partial charge in [-0.3, -0.25) is 4.79 Å². The van der Waals surface area contributed by atoms with Crippen molar-refractivity contribution in [3.05, 3.63) is 78.3 Å². The lowest BCUT2D eigenvalue weighted by Gasteiger charge is -2.10. The molecule has 1 heterocycles. The second-order valence-electron chi connectivity index (χ2n) is 6.42. The highest BCUT2D eigenvalue weighted by Gasteiger charge is 2.19. The van der Waals surface area contributed by atoms with Crippen molar-refractivity contribution >= 4 is 16.7 Å². The summed E-state index contributed by atoms with van der Waals surface area (Å²) < 4.78 is 16.1. The van der Waals surface area contributed by atoms with E-state index in [-0.39, 0.29) is 11.6 Å². The Morgan fingerprint density at radius 3 is 2.62 bits per heavy atom. The van der Waals surface area contributed by atoms with Gasteiger partial charge in [-0.2, -0.15) is 0 Å². The molecular weight excluding hydrogens is 368 g/mol. The van der Waals surface area contributed by atoms with Gasteiger partial charge in [0.1, 0.15) is 0 Å². The molecule has 0 atom stereocenters. The van der Waals surface area contributed by atoms with Gasteiger partial charge < -0.3 is 19.2 Å². The van der Waals surface area contributed by atoms with Crippen LogP contribution >= 0.6 is 0 Å². The van der Waals surface area contributed by atoms with Crippen LogP contribution in [-0.2, 0) is 6.54 Å². The number of oxazole rings is 1. The van der Waals surface area contributed by atoms with Gasteiger partial charge in [0.25, 0.3) is 5.91 Å². The Hall–Kier alpha value is -3.80. The molecule has 0 bridgehead atoms. The van der Waals surface area contributed by atoms with Crippen LogP contribution in [0.5, 0.6) is 11.5 Å². The van der Waals surface area contributed by atoms with Gasteiger partial charge >= 0.3 is 0 Å². The minimum atomic E-state index is -0.309. The number of hydrogen-bond acceptors (Lipinski definition) is 5. The molecule has 6 nitrogen and oxygen atoms in total. The van der Waals surface area contributed by atoms with E-state index < -0.39 is 0 Å². The molecule has 4 rings (SSSR count). The molecule has 0 saturated carbocycles. The summed E-state index contributed by atoms with van der Waals surface area (Å²) in [7, 11) is 3.12. The highest BCUT2D eigenvalue weighted by Crippen LogP contribution is 2.33. The SMILES string of the molecule is COc1ccc(-c2ocnc2C(=O)NCc2cccc3ccccc23)cc1OC. The van der Waals surface area contributed by atoms with Crippen molar-refractivity contribution in [1.29, 1.82) is 0 Å². The van der Waals surface area contributed by atoms with Gasteiger partial charge in [0.05, 0.1) is 14.2 Å². The summed E-state index contributed by atoms with van der Waals surface area (Å²) in [6.07, 6.45) is 1.26. The van der Waals surface area contributed by atoms with Crippen LogP contribution in [0.4, 0.5) is 0 Å². The Morgan fingerprint density at radius 2 is 1.79 bits per heavy atom. The fourth-order valence-electron chi connectivity index (χ4n) is 3.30. The number of rotatable bonds is 6. The maximum Gasteiger partial charge on any atom is 0.274 e. The lowest BCUT2D eigenvalue weighted by Crippen LogP contribution is -2.23. The van der Waals surface area contributed by atoms with Crippen molar-refractivity contribution in [3.8, 4) is 22.8 Å². The summed E-state index contributed by atoms with van der Waals surface area (Å²) in [5.41, 5.74) is 1.93. The van der Waals surface area contributed by atoms with E-state index in [9.17, 15) is 4.79 Å². The van der Waals surface area contributed by atoms with Crippen LogP contribution in [0.3, 0.4) is 0 Å². The van der Waals surface area contributed by atoms with Crippen LogP contribution in [0.15, 0.2) is 71.5 Å². The second-order valence-corrected chi connectivity index (χ2v) is 6.42. The van der Waals surface area contributed by atoms with E-state index in [1.807, 2.05) is 42.5 Å². The van der Waals surface area contributed by atoms with Gasteiger partial charge in [-0.25, -0.2) is 4.98 Å². The Bertz CT molecular complexity index is 1160. The average Bonchev–Trinajstić information content (AvgIpc) is 3.27. The van der Waals surface area contributed by atoms with Crippen LogP contribution < -0.4 is 14.8 Å². The van der Waals surface area contributed by atoms with Gasteiger partial charge in [-0.15, -0.1) is 0 Å². The molecule has 0 unspecified atom stereocenters. The summed E-state index contributed by atoms with van der Waals surface area (Å²) in [6.45, 7) is 0.387. The number of methoxy groups -OCH3 is 2. The molecule has 146 valence electrons. The number of ether oxygens (including phenoxy) is 2. The van der Waals surface area contributed by atoms with E-state index in [2.05, 4.69) is 10.3 Å². The van der Waals surface area contributed by atoms with E-state index >= 15 is 0 Å². The molecule has 0 aliphatic heterocycles. The molecule has 0 radical (unpaired) electrons. The number of aromatic nitrogens is 1. The Kier molecular flexibility index (Phi) is 5.16.